The number of amides is 2. The molecule has 1 saturated heterocycles. The highest BCUT2D eigenvalue weighted by Gasteiger charge is 2.34. The Morgan fingerprint density at radius 2 is 1.97 bits per heavy atom. The molecule has 3 aromatic rings. The number of nitrogens with one attached hydrogen (secondary N) is 1. The summed E-state index contributed by atoms with van der Waals surface area (Å²) < 4.78 is 5.23. The summed E-state index contributed by atoms with van der Waals surface area (Å²) in [5, 5.41) is 3.01. The van der Waals surface area contributed by atoms with E-state index in [-0.39, 0.29) is 11.8 Å². The number of thiazole rings is 1. The van der Waals surface area contributed by atoms with Crippen molar-refractivity contribution in [3.63, 3.8) is 0 Å². The van der Waals surface area contributed by atoms with Gasteiger partial charge >= 0.3 is 0 Å². The van der Waals surface area contributed by atoms with Gasteiger partial charge in [-0.25, -0.2) is 4.98 Å². The highest BCUT2D eigenvalue weighted by atomic mass is 32.1. The van der Waals surface area contributed by atoms with Gasteiger partial charge < -0.3 is 15.0 Å². The minimum absolute atomic E-state index is 0.105. The molecular formula is C25H27N3O3S. The lowest BCUT2D eigenvalue weighted by Crippen LogP contribution is -2.45. The number of nitrogens with zero attached hydrogens (tertiary/aromatic N) is 2. The Bertz CT molecular complexity index is 1120. The third kappa shape index (κ3) is 4.53. The van der Waals surface area contributed by atoms with Crippen molar-refractivity contribution in [1.82, 2.24) is 15.2 Å². The van der Waals surface area contributed by atoms with E-state index in [1.807, 2.05) is 37.6 Å². The number of benzene rings is 2. The van der Waals surface area contributed by atoms with Gasteiger partial charge in [-0.3, -0.25) is 9.59 Å². The zero-order valence-electron chi connectivity index (χ0n) is 18.6. The van der Waals surface area contributed by atoms with Crippen LogP contribution in [0.15, 0.2) is 48.0 Å². The fourth-order valence-corrected chi connectivity index (χ4v) is 4.91. The Hall–Kier alpha value is -3.19. The van der Waals surface area contributed by atoms with Gasteiger partial charge in [0.15, 0.2) is 0 Å². The molecule has 2 amide bonds. The zero-order chi connectivity index (χ0) is 22.7. The topological polar surface area (TPSA) is 71.5 Å². The number of hydrogen-bond donors (Lipinski definition) is 1. The van der Waals surface area contributed by atoms with E-state index >= 15 is 0 Å². The maximum Gasteiger partial charge on any atom is 0.254 e. The second-order valence-electron chi connectivity index (χ2n) is 8.02. The van der Waals surface area contributed by atoms with E-state index < -0.39 is 6.04 Å². The summed E-state index contributed by atoms with van der Waals surface area (Å²) in [7, 11) is 1.60. The molecule has 32 heavy (non-hydrogen) atoms. The van der Waals surface area contributed by atoms with Crippen molar-refractivity contribution < 1.29 is 14.3 Å². The standard InChI is InChI=1S/C25H27N3O3S/c1-16-13-20(31-3)10-11-21(16)25(30)28-12-4-5-22(28)24(29)26-14-18-6-8-19(9-7-18)23-17(2)27-15-32-23/h6-11,13,15,22H,4-5,12,14H2,1-3H3,(H,26,29)/t22-/m0/s1. The molecule has 2 aromatic carbocycles. The molecule has 166 valence electrons. The second-order valence-corrected chi connectivity index (χ2v) is 8.87. The molecule has 0 saturated carbocycles. The minimum atomic E-state index is -0.442. The lowest BCUT2D eigenvalue weighted by Gasteiger charge is -2.25. The summed E-state index contributed by atoms with van der Waals surface area (Å²) in [5.41, 5.74) is 6.47. The van der Waals surface area contributed by atoms with E-state index in [1.165, 1.54) is 0 Å². The van der Waals surface area contributed by atoms with E-state index in [2.05, 4.69) is 22.4 Å². The molecule has 1 aliphatic rings. The molecule has 6 nitrogen and oxygen atoms in total. The number of carbonyl (C=O) groups excluding carboxylic acids is 2. The number of hydrogen-bond acceptors (Lipinski definition) is 5. The monoisotopic (exact) mass is 449 g/mol. The molecule has 0 bridgehead atoms. The number of methoxy groups -OCH3 is 1. The van der Waals surface area contributed by atoms with Crippen molar-refractivity contribution in [3.05, 3.63) is 70.4 Å². The Labute approximate surface area is 192 Å². The van der Waals surface area contributed by atoms with Crippen molar-refractivity contribution in [2.24, 2.45) is 0 Å². The van der Waals surface area contributed by atoms with Gasteiger partial charge in [-0.1, -0.05) is 24.3 Å². The van der Waals surface area contributed by atoms with Gasteiger partial charge in [-0.2, -0.15) is 0 Å². The van der Waals surface area contributed by atoms with Crippen molar-refractivity contribution in [1.29, 1.82) is 0 Å². The lowest BCUT2D eigenvalue weighted by atomic mass is 10.1. The molecule has 0 radical (unpaired) electrons. The lowest BCUT2D eigenvalue weighted by molar-refractivity contribution is -0.125. The van der Waals surface area contributed by atoms with Crippen molar-refractivity contribution in [2.75, 3.05) is 13.7 Å². The van der Waals surface area contributed by atoms with Crippen LogP contribution >= 0.6 is 11.3 Å². The Kier molecular flexibility index (Phi) is 6.55. The van der Waals surface area contributed by atoms with Crippen LogP contribution < -0.4 is 10.1 Å². The molecule has 1 N–H and O–H groups in total. The van der Waals surface area contributed by atoms with Crippen LogP contribution in [-0.2, 0) is 11.3 Å². The second kappa shape index (κ2) is 9.53. The first-order chi connectivity index (χ1) is 15.5. The van der Waals surface area contributed by atoms with E-state index in [0.717, 1.165) is 33.7 Å². The summed E-state index contributed by atoms with van der Waals surface area (Å²) in [4.78, 5) is 33.2. The molecule has 1 aliphatic heterocycles. The van der Waals surface area contributed by atoms with Crippen LogP contribution in [0.4, 0.5) is 0 Å². The molecule has 1 aromatic heterocycles. The van der Waals surface area contributed by atoms with Crippen molar-refractivity contribution in [3.8, 4) is 16.2 Å². The number of likely N-dealkylation sites (tertiary alicyclic amines) is 1. The first kappa shape index (κ1) is 22.0. The quantitative estimate of drug-likeness (QED) is 0.607. The van der Waals surface area contributed by atoms with E-state index in [9.17, 15) is 9.59 Å². The maximum atomic E-state index is 13.1. The predicted molar refractivity (Wildman–Crippen MR) is 126 cm³/mol. The summed E-state index contributed by atoms with van der Waals surface area (Å²) in [6.07, 6.45) is 1.50. The predicted octanol–water partition coefficient (Wildman–Crippen LogP) is 4.36. The van der Waals surface area contributed by atoms with Gasteiger partial charge in [-0.15, -0.1) is 11.3 Å². The van der Waals surface area contributed by atoms with Crippen LogP contribution in [0, 0.1) is 13.8 Å². The molecule has 7 heteroatoms. The molecule has 0 unspecified atom stereocenters. The average molecular weight is 450 g/mol. The van der Waals surface area contributed by atoms with Gasteiger partial charge in [0, 0.05) is 18.7 Å². The van der Waals surface area contributed by atoms with Gasteiger partial charge in [0.1, 0.15) is 11.8 Å². The SMILES string of the molecule is COc1ccc(C(=O)N2CCC[C@H]2C(=O)NCc2ccc(-c3scnc3C)cc2)c(C)c1. The zero-order valence-corrected chi connectivity index (χ0v) is 19.4. The largest absolute Gasteiger partial charge is 0.497 e. The number of aryl methyl sites for hydroxylation is 2. The van der Waals surface area contributed by atoms with Crippen LogP contribution in [0.25, 0.3) is 10.4 Å². The van der Waals surface area contributed by atoms with Gasteiger partial charge in [0.25, 0.3) is 5.91 Å². The van der Waals surface area contributed by atoms with Crippen LogP contribution in [0.3, 0.4) is 0 Å². The van der Waals surface area contributed by atoms with E-state index in [1.54, 1.807) is 35.5 Å². The third-order valence-corrected chi connectivity index (χ3v) is 6.89. The molecule has 0 aliphatic carbocycles. The fraction of sp³-hybridized carbons (Fsp3) is 0.320. The highest BCUT2D eigenvalue weighted by Crippen LogP contribution is 2.27. The Morgan fingerprint density at radius 3 is 2.62 bits per heavy atom. The Morgan fingerprint density at radius 1 is 1.19 bits per heavy atom. The highest BCUT2D eigenvalue weighted by molar-refractivity contribution is 7.13. The Balaban J connectivity index is 1.39. The molecule has 4 rings (SSSR count). The fourth-order valence-electron chi connectivity index (χ4n) is 4.10. The smallest absolute Gasteiger partial charge is 0.254 e. The number of ether oxygens (including phenoxy) is 1. The van der Waals surface area contributed by atoms with Gasteiger partial charge in [0.2, 0.25) is 5.91 Å². The summed E-state index contributed by atoms with van der Waals surface area (Å²) in [5.74, 6) is 0.503. The summed E-state index contributed by atoms with van der Waals surface area (Å²) in [6, 6.07) is 13.1. The molecule has 2 heterocycles. The maximum absolute atomic E-state index is 13.1. The summed E-state index contributed by atoms with van der Waals surface area (Å²) >= 11 is 1.62. The molecule has 1 fully saturated rings. The normalized spacial score (nSPS) is 15.6. The first-order valence-corrected chi connectivity index (χ1v) is 11.6. The molecule has 0 spiro atoms. The summed E-state index contributed by atoms with van der Waals surface area (Å²) in [6.45, 7) is 4.91. The molecule has 1 atom stereocenters. The van der Waals surface area contributed by atoms with Crippen LogP contribution in [0.2, 0.25) is 0 Å². The third-order valence-electron chi connectivity index (χ3n) is 5.91. The number of rotatable bonds is 6. The van der Waals surface area contributed by atoms with E-state index in [4.69, 9.17) is 4.74 Å². The van der Waals surface area contributed by atoms with Crippen molar-refractivity contribution in [2.45, 2.75) is 39.3 Å². The number of aromatic nitrogens is 1. The number of carbonyl (C=O) groups is 2. The van der Waals surface area contributed by atoms with Crippen LogP contribution in [0.1, 0.15) is 40.0 Å². The van der Waals surface area contributed by atoms with Gasteiger partial charge in [-0.05, 0) is 61.6 Å². The minimum Gasteiger partial charge on any atom is -0.497 e. The van der Waals surface area contributed by atoms with Crippen LogP contribution in [-0.4, -0.2) is 41.4 Å². The van der Waals surface area contributed by atoms with E-state index in [0.29, 0.717) is 30.8 Å². The average Bonchev–Trinajstić information content (AvgIpc) is 3.46. The van der Waals surface area contributed by atoms with Gasteiger partial charge in [0.05, 0.1) is 23.2 Å². The molecular weight excluding hydrogens is 422 g/mol. The van der Waals surface area contributed by atoms with Crippen molar-refractivity contribution >= 4 is 23.2 Å². The van der Waals surface area contributed by atoms with Crippen LogP contribution in [0.5, 0.6) is 5.75 Å². The first-order valence-electron chi connectivity index (χ1n) is 10.7.